The normalized spacial score (nSPS) is 4.20. The fourth-order valence-corrected chi connectivity index (χ4v) is 0. The van der Waals surface area contributed by atoms with Gasteiger partial charge in [-0.3, -0.25) is 0 Å². The molecule has 0 aromatic carbocycles. The van der Waals surface area contributed by atoms with E-state index in [9.17, 15) is 0 Å². The molecule has 1 unspecified atom stereocenters. The molecule has 0 saturated heterocycles. The van der Waals surface area contributed by atoms with E-state index in [-0.39, 0.29) is 42.8 Å². The Morgan fingerprint density at radius 1 is 1.60 bits per heavy atom. The molecule has 30 valence electrons. The third kappa shape index (κ3) is 21.5. The minimum atomic E-state index is 0. The van der Waals surface area contributed by atoms with Gasteiger partial charge in [0.25, 0.3) is 0 Å². The van der Waals surface area contributed by atoms with Crippen LogP contribution in [-0.4, -0.2) is 52.2 Å². The molecule has 0 aliphatic heterocycles. The van der Waals surface area contributed by atoms with Crippen molar-refractivity contribution in [3.05, 3.63) is 0 Å². The molecule has 0 radical (unpaired) electrons. The summed E-state index contributed by atoms with van der Waals surface area (Å²) in [5, 5.41) is 0. The summed E-state index contributed by atoms with van der Waals surface area (Å²) in [6, 6.07) is 0. The van der Waals surface area contributed by atoms with Crippen LogP contribution in [0.15, 0.2) is 0 Å². The summed E-state index contributed by atoms with van der Waals surface area (Å²) >= 11 is 0. The van der Waals surface area contributed by atoms with E-state index in [1.807, 2.05) is 0 Å². The summed E-state index contributed by atoms with van der Waals surface area (Å²) in [4.78, 5) is 0. The molecule has 0 heterocycles. The van der Waals surface area contributed by atoms with Crippen LogP contribution >= 0.6 is 19.3 Å². The van der Waals surface area contributed by atoms with E-state index in [2.05, 4.69) is 8.44 Å². The van der Waals surface area contributed by atoms with Gasteiger partial charge in [0.05, 0.1) is 9.39 Å². The molecule has 5 heteroatoms. The van der Waals surface area contributed by atoms with Gasteiger partial charge in [0.2, 0.25) is 0 Å². The van der Waals surface area contributed by atoms with E-state index >= 15 is 0 Å². The van der Waals surface area contributed by atoms with Gasteiger partial charge in [-0.05, 0) is 0 Å². The summed E-state index contributed by atoms with van der Waals surface area (Å²) in [6.45, 7) is 0. The first kappa shape index (κ1) is 15.7. The van der Waals surface area contributed by atoms with Crippen molar-refractivity contribution < 1.29 is 0 Å². The molecule has 0 saturated carbocycles. The Bertz CT molecular complexity index is 11.6. The van der Waals surface area contributed by atoms with Gasteiger partial charge in [-0.1, -0.05) is 8.44 Å². The van der Waals surface area contributed by atoms with Crippen molar-refractivity contribution in [3.8, 4) is 0 Å². The van der Waals surface area contributed by atoms with E-state index in [0.29, 0.717) is 0 Å². The number of hydrogen-bond acceptors (Lipinski definition) is 1. The summed E-state index contributed by atoms with van der Waals surface area (Å²) < 4.78 is 0. The summed E-state index contributed by atoms with van der Waals surface area (Å²) in [7, 11) is 5.61. The Morgan fingerprint density at radius 3 is 1.60 bits per heavy atom. The predicted molar refractivity (Wildman–Crippen MR) is 45.7 cm³/mol. The second-order valence-corrected chi connectivity index (χ2v) is 6.36. The van der Waals surface area contributed by atoms with Gasteiger partial charge in [0, 0.05) is 0 Å². The number of rotatable bonds is 0. The van der Waals surface area contributed by atoms with Gasteiger partial charge in [0.15, 0.2) is 0 Å². The molecule has 0 spiro atoms. The Labute approximate surface area is 70.8 Å². The van der Waals surface area contributed by atoms with Crippen molar-refractivity contribution >= 4 is 71.4 Å². The first-order valence-electron chi connectivity index (χ1n) is 0.644. The molecule has 1 atom stereocenters. The Balaban J connectivity index is -0.0000000200. The molecule has 0 bridgehead atoms. The minimum absolute atomic E-state index is 0. The van der Waals surface area contributed by atoms with Crippen molar-refractivity contribution in [2.24, 2.45) is 0 Å². The van der Waals surface area contributed by atoms with Crippen LogP contribution in [0.3, 0.4) is 0 Å². The molecule has 0 aromatic rings. The quantitative estimate of drug-likeness (QED) is 0.331. The zero-order valence-electron chi connectivity index (χ0n) is 1.99. The van der Waals surface area contributed by atoms with Gasteiger partial charge < -0.3 is 0 Å². The van der Waals surface area contributed by atoms with E-state index in [1.54, 1.807) is 10.8 Å². The van der Waals surface area contributed by atoms with Crippen molar-refractivity contribution in [1.82, 2.24) is 0 Å². The molecule has 0 nitrogen and oxygen atoms in total. The predicted octanol–water partition coefficient (Wildman–Crippen LogP) is -2.31. The maximum absolute atomic E-state index is 2.56. The molecule has 5 heavy (non-hydrogen) atoms. The van der Waals surface area contributed by atoms with E-state index in [4.69, 9.17) is 0 Å². The number of hydrogen-bond donors (Lipinski definition) is 0. The molecular weight excluding hydrogens is 217 g/mol. The monoisotopic (exact) mass is 228 g/mol. The van der Waals surface area contributed by atoms with Crippen LogP contribution in [0.25, 0.3) is 0 Å². The van der Waals surface area contributed by atoms with Gasteiger partial charge in [-0.2, -0.15) is 10.8 Å². The van der Waals surface area contributed by atoms with E-state index in [1.165, 1.54) is 9.39 Å². The third-order valence-corrected chi connectivity index (χ3v) is 0. The fourth-order valence-electron chi connectivity index (χ4n) is 0. The van der Waals surface area contributed by atoms with Gasteiger partial charge in [-0.15, -0.1) is 0 Å². The van der Waals surface area contributed by atoms with Crippen molar-refractivity contribution in [1.29, 1.82) is 0 Å². The standard InChI is InChI=1S/Li.H5PSSi.Sn.5H/c;1-2-3;;;;;;/h;1H2,3H3;;;;;;. The fraction of sp³-hybridized carbons (Fsp3) is 0. The van der Waals surface area contributed by atoms with Gasteiger partial charge >= 0.3 is 42.8 Å². The molecule has 0 aromatic heterocycles. The first-order valence-corrected chi connectivity index (χ1v) is 5.80. The first-order chi connectivity index (χ1) is 1.41. The molecule has 0 rings (SSSR count). The van der Waals surface area contributed by atoms with Crippen molar-refractivity contribution in [3.63, 3.8) is 0 Å². The molecular formula is H10LiPSSiSn. The maximum atomic E-state index is 2.56. The van der Waals surface area contributed by atoms with Crippen LogP contribution in [0.2, 0.25) is 0 Å². The Kier molecular flexibility index (Phi) is 50.6. The van der Waals surface area contributed by atoms with Crippen LogP contribution in [0, 0.1) is 0 Å². The second kappa shape index (κ2) is 16.2. The van der Waals surface area contributed by atoms with Crippen LogP contribution in [-0.2, 0) is 0 Å². The van der Waals surface area contributed by atoms with Crippen molar-refractivity contribution in [2.75, 3.05) is 0 Å². The summed E-state index contributed by atoms with van der Waals surface area (Å²) in [5.41, 5.74) is 0. The Hall–Kier alpha value is 2.39. The molecule has 0 amide bonds. The second-order valence-electron chi connectivity index (χ2n) is 0.236. The van der Waals surface area contributed by atoms with Crippen LogP contribution in [0.5, 0.6) is 0 Å². The zero-order chi connectivity index (χ0) is 2.71. The zero-order valence-corrected chi connectivity index (χ0v) is 5.96. The Morgan fingerprint density at radius 2 is 1.60 bits per heavy atom. The third-order valence-electron chi connectivity index (χ3n) is 0. The molecule has 0 N–H and O–H groups in total. The molecule has 0 aliphatic carbocycles. The summed E-state index contributed by atoms with van der Waals surface area (Å²) in [6.07, 6.45) is 0. The van der Waals surface area contributed by atoms with Crippen molar-refractivity contribution in [2.45, 2.75) is 0 Å². The van der Waals surface area contributed by atoms with E-state index < -0.39 is 0 Å². The van der Waals surface area contributed by atoms with Crippen LogP contribution < -0.4 is 0 Å². The van der Waals surface area contributed by atoms with E-state index in [0.717, 1.165) is 0 Å². The topological polar surface area (TPSA) is 0 Å². The SMILES string of the molecule is [LiH].[SiH3]SP.[SnH4]. The average molecular weight is 227 g/mol. The van der Waals surface area contributed by atoms with Crippen LogP contribution in [0.4, 0.5) is 0 Å². The molecule has 0 aliphatic rings. The van der Waals surface area contributed by atoms with Crippen LogP contribution in [0.1, 0.15) is 0 Å². The summed E-state index contributed by atoms with van der Waals surface area (Å²) in [5.74, 6) is 0. The van der Waals surface area contributed by atoms with Gasteiger partial charge in [0.1, 0.15) is 0 Å². The average Bonchev–Trinajstić information content (AvgIpc) is 0.918. The van der Waals surface area contributed by atoms with Gasteiger partial charge in [-0.25, -0.2) is 0 Å². The molecule has 0 fully saturated rings.